The predicted octanol–water partition coefficient (Wildman–Crippen LogP) is 4.41. The van der Waals surface area contributed by atoms with E-state index < -0.39 is 0 Å². The topological polar surface area (TPSA) is 29.9 Å². The van der Waals surface area contributed by atoms with Gasteiger partial charge in [0, 0.05) is 22.8 Å². The maximum absolute atomic E-state index is 6.20. The third-order valence-electron chi connectivity index (χ3n) is 3.12. The highest BCUT2D eigenvalue weighted by molar-refractivity contribution is 9.10. The van der Waals surface area contributed by atoms with Crippen LogP contribution < -0.4 is 5.32 Å². The molecule has 2 aromatic rings. The van der Waals surface area contributed by atoms with E-state index in [2.05, 4.69) is 52.5 Å². The van der Waals surface area contributed by atoms with Gasteiger partial charge in [0.1, 0.15) is 0 Å². The van der Waals surface area contributed by atoms with Crippen molar-refractivity contribution in [3.8, 4) is 0 Å². The highest BCUT2D eigenvalue weighted by atomic mass is 79.9. The van der Waals surface area contributed by atoms with Crippen LogP contribution in [0.4, 0.5) is 0 Å². The molecule has 108 valence electrons. The van der Waals surface area contributed by atoms with E-state index in [-0.39, 0.29) is 6.04 Å². The molecule has 0 aliphatic carbocycles. The van der Waals surface area contributed by atoms with Gasteiger partial charge in [0.2, 0.25) is 0 Å². The third kappa shape index (κ3) is 3.62. The van der Waals surface area contributed by atoms with E-state index in [1.54, 1.807) is 0 Å². The fourth-order valence-corrected chi connectivity index (χ4v) is 2.64. The van der Waals surface area contributed by atoms with Gasteiger partial charge in [-0.05, 0) is 46.6 Å². The van der Waals surface area contributed by atoms with Gasteiger partial charge in [0.15, 0.2) is 0 Å². The number of hydrogen-bond donors (Lipinski definition) is 1. The fraction of sp³-hybridized carbons (Fsp3) is 0.400. The summed E-state index contributed by atoms with van der Waals surface area (Å²) in [6, 6.07) is 6.19. The van der Waals surface area contributed by atoms with Crippen molar-refractivity contribution in [3.05, 3.63) is 51.2 Å². The van der Waals surface area contributed by atoms with Crippen LogP contribution in [0.1, 0.15) is 37.4 Å². The fourth-order valence-electron chi connectivity index (χ4n) is 2.20. The van der Waals surface area contributed by atoms with E-state index in [1.165, 1.54) is 5.56 Å². The van der Waals surface area contributed by atoms with Gasteiger partial charge in [-0.2, -0.15) is 5.10 Å². The number of halogens is 2. The lowest BCUT2D eigenvalue weighted by Crippen LogP contribution is -2.21. The normalized spacial score (nSPS) is 12.6. The molecule has 0 bridgehead atoms. The maximum atomic E-state index is 6.20. The quantitative estimate of drug-likeness (QED) is 0.831. The molecule has 1 unspecified atom stereocenters. The summed E-state index contributed by atoms with van der Waals surface area (Å²) in [5, 5.41) is 8.63. The molecule has 0 saturated carbocycles. The van der Waals surface area contributed by atoms with E-state index in [0.29, 0.717) is 0 Å². The summed E-state index contributed by atoms with van der Waals surface area (Å²) in [6.45, 7) is 6.08. The molecule has 0 spiro atoms. The van der Waals surface area contributed by atoms with Crippen molar-refractivity contribution < 1.29 is 0 Å². The molecule has 0 radical (unpaired) electrons. The molecule has 0 aliphatic rings. The largest absolute Gasteiger partial charge is 0.306 e. The lowest BCUT2D eigenvalue weighted by Gasteiger charge is -2.17. The van der Waals surface area contributed by atoms with E-state index in [1.807, 2.05) is 23.0 Å². The first-order valence-electron chi connectivity index (χ1n) is 6.86. The minimum Gasteiger partial charge on any atom is -0.306 e. The van der Waals surface area contributed by atoms with Gasteiger partial charge < -0.3 is 5.32 Å². The second-order valence-electron chi connectivity index (χ2n) is 4.70. The van der Waals surface area contributed by atoms with Crippen molar-refractivity contribution in [2.75, 3.05) is 6.54 Å². The van der Waals surface area contributed by atoms with Crippen LogP contribution in [0.3, 0.4) is 0 Å². The van der Waals surface area contributed by atoms with Crippen LogP contribution in [-0.2, 0) is 6.54 Å². The second-order valence-corrected chi connectivity index (χ2v) is 5.96. The average molecular weight is 357 g/mol. The monoisotopic (exact) mass is 355 g/mol. The van der Waals surface area contributed by atoms with E-state index >= 15 is 0 Å². The molecular weight excluding hydrogens is 338 g/mol. The third-order valence-corrected chi connectivity index (χ3v) is 4.36. The Bertz CT molecular complexity index is 568. The van der Waals surface area contributed by atoms with Gasteiger partial charge in [0.05, 0.1) is 17.3 Å². The van der Waals surface area contributed by atoms with Crippen LogP contribution in [0.25, 0.3) is 0 Å². The second kappa shape index (κ2) is 7.25. The van der Waals surface area contributed by atoms with Gasteiger partial charge in [-0.15, -0.1) is 0 Å². The summed E-state index contributed by atoms with van der Waals surface area (Å²) in [5.41, 5.74) is 2.31. The minimum atomic E-state index is 0.121. The summed E-state index contributed by atoms with van der Waals surface area (Å²) in [5.74, 6) is 0. The molecule has 2 rings (SSSR count). The molecule has 0 fully saturated rings. The molecule has 1 aromatic carbocycles. The van der Waals surface area contributed by atoms with Crippen LogP contribution in [0, 0.1) is 0 Å². The molecule has 0 saturated heterocycles. The Morgan fingerprint density at radius 1 is 1.35 bits per heavy atom. The standard InChI is InChI=1S/C15H19BrClN3/c1-3-7-20-10-12(9-19-20)15(18-4-2)11-5-6-13(16)14(17)8-11/h5-6,8-10,15,18H,3-4,7H2,1-2H3. The van der Waals surface area contributed by atoms with Gasteiger partial charge in [-0.3, -0.25) is 4.68 Å². The Morgan fingerprint density at radius 2 is 2.15 bits per heavy atom. The zero-order valence-corrected chi connectivity index (χ0v) is 14.1. The van der Waals surface area contributed by atoms with E-state index in [4.69, 9.17) is 11.6 Å². The van der Waals surface area contributed by atoms with Crippen molar-refractivity contribution in [2.45, 2.75) is 32.9 Å². The molecule has 3 nitrogen and oxygen atoms in total. The van der Waals surface area contributed by atoms with Crippen LogP contribution in [-0.4, -0.2) is 16.3 Å². The zero-order chi connectivity index (χ0) is 14.5. The van der Waals surface area contributed by atoms with E-state index in [0.717, 1.165) is 34.6 Å². The predicted molar refractivity (Wildman–Crippen MR) is 87.2 cm³/mol. The number of aromatic nitrogens is 2. The Hall–Kier alpha value is -0.840. The lowest BCUT2D eigenvalue weighted by molar-refractivity contribution is 0.597. The van der Waals surface area contributed by atoms with Gasteiger partial charge in [-0.25, -0.2) is 0 Å². The first-order valence-corrected chi connectivity index (χ1v) is 8.03. The number of nitrogens with one attached hydrogen (secondary N) is 1. The maximum Gasteiger partial charge on any atom is 0.0608 e. The smallest absolute Gasteiger partial charge is 0.0608 e. The Labute approximate surface area is 133 Å². The van der Waals surface area contributed by atoms with Crippen LogP contribution in [0.15, 0.2) is 35.1 Å². The minimum absolute atomic E-state index is 0.121. The summed E-state index contributed by atoms with van der Waals surface area (Å²) < 4.78 is 2.90. The number of nitrogens with zero attached hydrogens (tertiary/aromatic N) is 2. The molecule has 0 aliphatic heterocycles. The molecule has 1 atom stereocenters. The number of rotatable bonds is 6. The van der Waals surface area contributed by atoms with Gasteiger partial charge in [-0.1, -0.05) is 31.5 Å². The van der Waals surface area contributed by atoms with Crippen molar-refractivity contribution in [1.29, 1.82) is 0 Å². The SMILES string of the molecule is CCCn1cc(C(NCC)c2ccc(Br)c(Cl)c2)cn1. The number of hydrogen-bond acceptors (Lipinski definition) is 2. The first-order chi connectivity index (χ1) is 9.65. The summed E-state index contributed by atoms with van der Waals surface area (Å²) in [7, 11) is 0. The molecule has 1 N–H and O–H groups in total. The zero-order valence-electron chi connectivity index (χ0n) is 11.7. The highest BCUT2D eigenvalue weighted by Gasteiger charge is 2.16. The average Bonchev–Trinajstić information content (AvgIpc) is 2.88. The Kier molecular flexibility index (Phi) is 5.64. The summed E-state index contributed by atoms with van der Waals surface area (Å²) in [6.07, 6.45) is 5.11. The van der Waals surface area contributed by atoms with Crippen molar-refractivity contribution in [2.24, 2.45) is 0 Å². The molecular formula is C15H19BrClN3. The van der Waals surface area contributed by atoms with Crippen molar-refractivity contribution in [1.82, 2.24) is 15.1 Å². The Morgan fingerprint density at radius 3 is 2.80 bits per heavy atom. The molecule has 1 heterocycles. The molecule has 0 amide bonds. The van der Waals surface area contributed by atoms with Crippen molar-refractivity contribution in [3.63, 3.8) is 0 Å². The Balaban J connectivity index is 2.31. The molecule has 5 heteroatoms. The molecule has 20 heavy (non-hydrogen) atoms. The number of aryl methyl sites for hydroxylation is 1. The van der Waals surface area contributed by atoms with Gasteiger partial charge >= 0.3 is 0 Å². The molecule has 1 aromatic heterocycles. The summed E-state index contributed by atoms with van der Waals surface area (Å²) >= 11 is 9.63. The summed E-state index contributed by atoms with van der Waals surface area (Å²) in [4.78, 5) is 0. The number of benzene rings is 1. The lowest BCUT2D eigenvalue weighted by atomic mass is 10.0. The first kappa shape index (κ1) is 15.5. The highest BCUT2D eigenvalue weighted by Crippen LogP contribution is 2.29. The van der Waals surface area contributed by atoms with Crippen LogP contribution in [0.2, 0.25) is 5.02 Å². The van der Waals surface area contributed by atoms with Crippen molar-refractivity contribution >= 4 is 27.5 Å². The van der Waals surface area contributed by atoms with Gasteiger partial charge in [0.25, 0.3) is 0 Å². The van der Waals surface area contributed by atoms with E-state index in [9.17, 15) is 0 Å². The van der Waals surface area contributed by atoms with Crippen LogP contribution in [0.5, 0.6) is 0 Å². The van der Waals surface area contributed by atoms with Crippen LogP contribution >= 0.6 is 27.5 Å².